The normalized spacial score (nSPS) is 17.8. The quantitative estimate of drug-likeness (QED) is 0.766. The van der Waals surface area contributed by atoms with Gasteiger partial charge in [-0.2, -0.15) is 0 Å². The lowest BCUT2D eigenvalue weighted by Gasteiger charge is -2.22. The maximum atomic E-state index is 12.4. The first-order chi connectivity index (χ1) is 9.97. The second kappa shape index (κ2) is 6.87. The fourth-order valence-electron chi connectivity index (χ4n) is 2.63. The van der Waals surface area contributed by atoms with Crippen LogP contribution in [0.2, 0.25) is 0 Å². The second-order valence-corrected chi connectivity index (χ2v) is 7.77. The van der Waals surface area contributed by atoms with E-state index in [1.807, 2.05) is 0 Å². The molecule has 1 unspecified atom stereocenters. The Bertz CT molecular complexity index is 591. The van der Waals surface area contributed by atoms with Crippen LogP contribution in [0.3, 0.4) is 0 Å². The van der Waals surface area contributed by atoms with Gasteiger partial charge in [0.1, 0.15) is 4.88 Å². The standard InChI is InChI=1S/C13H20N2O4S2/c1-19-13(16)12-6-10(8-20-12)21(17,18)15-11(7-14)9-4-2-3-5-9/h6,8-9,11,15H,2-5,7,14H2,1H3. The molecule has 1 aliphatic rings. The van der Waals surface area contributed by atoms with Gasteiger partial charge in [0.25, 0.3) is 0 Å². The molecule has 0 radical (unpaired) electrons. The molecular weight excluding hydrogens is 312 g/mol. The molecule has 0 bridgehead atoms. The van der Waals surface area contributed by atoms with Crippen LogP contribution in [0.5, 0.6) is 0 Å². The SMILES string of the molecule is COC(=O)c1cc(S(=O)(=O)NC(CN)C2CCCC2)cs1. The lowest BCUT2D eigenvalue weighted by Crippen LogP contribution is -2.44. The summed E-state index contributed by atoms with van der Waals surface area (Å²) < 4.78 is 32.0. The zero-order chi connectivity index (χ0) is 15.5. The Kier molecular flexibility index (Phi) is 5.37. The molecule has 3 N–H and O–H groups in total. The number of sulfonamides is 1. The van der Waals surface area contributed by atoms with E-state index >= 15 is 0 Å². The predicted octanol–water partition coefficient (Wildman–Crippen LogP) is 1.33. The highest BCUT2D eigenvalue weighted by Gasteiger charge is 2.29. The number of hydrogen-bond acceptors (Lipinski definition) is 6. The summed E-state index contributed by atoms with van der Waals surface area (Å²) in [5.74, 6) is -0.240. The van der Waals surface area contributed by atoms with Crippen LogP contribution in [-0.2, 0) is 14.8 Å². The average molecular weight is 332 g/mol. The van der Waals surface area contributed by atoms with Crippen molar-refractivity contribution >= 4 is 27.3 Å². The minimum Gasteiger partial charge on any atom is -0.465 e. The Morgan fingerprint density at radius 2 is 2.19 bits per heavy atom. The molecule has 0 aliphatic heterocycles. The highest BCUT2D eigenvalue weighted by molar-refractivity contribution is 7.89. The minimum absolute atomic E-state index is 0.0874. The fourth-order valence-corrected chi connectivity index (χ4v) is 5.14. The molecule has 1 aliphatic carbocycles. The smallest absolute Gasteiger partial charge is 0.348 e. The summed E-state index contributed by atoms with van der Waals surface area (Å²) in [7, 11) is -2.39. The first kappa shape index (κ1) is 16.4. The molecule has 1 heterocycles. The van der Waals surface area contributed by atoms with Gasteiger partial charge in [-0.3, -0.25) is 0 Å². The zero-order valence-corrected chi connectivity index (χ0v) is 13.5. The van der Waals surface area contributed by atoms with Gasteiger partial charge in [-0.25, -0.2) is 17.9 Å². The summed E-state index contributed by atoms with van der Waals surface area (Å²) >= 11 is 1.05. The van der Waals surface area contributed by atoms with Crippen LogP contribution in [0, 0.1) is 5.92 Å². The average Bonchev–Trinajstić information content (AvgIpc) is 3.14. The van der Waals surface area contributed by atoms with Crippen LogP contribution in [0.15, 0.2) is 16.3 Å². The van der Waals surface area contributed by atoms with Gasteiger partial charge in [0.15, 0.2) is 0 Å². The molecule has 1 fully saturated rings. The summed E-state index contributed by atoms with van der Waals surface area (Å²) in [6.45, 7) is 0.276. The highest BCUT2D eigenvalue weighted by Crippen LogP contribution is 2.28. The van der Waals surface area contributed by atoms with E-state index in [9.17, 15) is 13.2 Å². The van der Waals surface area contributed by atoms with Gasteiger partial charge in [0.05, 0.1) is 12.0 Å². The van der Waals surface area contributed by atoms with Crippen LogP contribution in [0.1, 0.15) is 35.4 Å². The number of ether oxygens (including phenoxy) is 1. The Balaban J connectivity index is 2.13. The molecular formula is C13H20N2O4S2. The Morgan fingerprint density at radius 1 is 1.52 bits per heavy atom. The van der Waals surface area contributed by atoms with Gasteiger partial charge < -0.3 is 10.5 Å². The van der Waals surface area contributed by atoms with Crippen LogP contribution < -0.4 is 10.5 Å². The maximum Gasteiger partial charge on any atom is 0.348 e. The van der Waals surface area contributed by atoms with Crippen molar-refractivity contribution in [2.75, 3.05) is 13.7 Å². The van der Waals surface area contributed by atoms with Gasteiger partial charge in [-0.05, 0) is 24.8 Å². The van der Waals surface area contributed by atoms with Crippen molar-refractivity contribution in [1.82, 2.24) is 4.72 Å². The van der Waals surface area contributed by atoms with Gasteiger partial charge in [-0.15, -0.1) is 11.3 Å². The molecule has 118 valence electrons. The van der Waals surface area contributed by atoms with Crippen LogP contribution in [0.25, 0.3) is 0 Å². The van der Waals surface area contributed by atoms with Crippen molar-refractivity contribution in [3.05, 3.63) is 16.3 Å². The first-order valence-corrected chi connectivity index (χ1v) is 9.23. The number of carbonyl (C=O) groups is 1. The fraction of sp³-hybridized carbons (Fsp3) is 0.615. The van der Waals surface area contributed by atoms with Crippen molar-refractivity contribution in [2.24, 2.45) is 11.7 Å². The molecule has 0 spiro atoms. The van der Waals surface area contributed by atoms with E-state index in [2.05, 4.69) is 9.46 Å². The lowest BCUT2D eigenvalue weighted by atomic mass is 9.99. The van der Waals surface area contributed by atoms with Crippen molar-refractivity contribution in [2.45, 2.75) is 36.6 Å². The topological polar surface area (TPSA) is 98.5 Å². The molecule has 0 saturated heterocycles. The molecule has 6 nitrogen and oxygen atoms in total. The van der Waals surface area contributed by atoms with E-state index < -0.39 is 16.0 Å². The summed E-state index contributed by atoms with van der Waals surface area (Å²) in [5, 5.41) is 1.44. The van der Waals surface area contributed by atoms with Gasteiger partial charge in [-0.1, -0.05) is 12.8 Å². The van der Waals surface area contributed by atoms with E-state index in [0.29, 0.717) is 5.92 Å². The van der Waals surface area contributed by atoms with E-state index in [1.165, 1.54) is 18.6 Å². The first-order valence-electron chi connectivity index (χ1n) is 6.87. The van der Waals surface area contributed by atoms with Gasteiger partial charge >= 0.3 is 5.97 Å². The molecule has 1 atom stereocenters. The highest BCUT2D eigenvalue weighted by atomic mass is 32.2. The van der Waals surface area contributed by atoms with Crippen LogP contribution in [0.4, 0.5) is 0 Å². The van der Waals surface area contributed by atoms with Gasteiger partial charge in [0.2, 0.25) is 10.0 Å². The summed E-state index contributed by atoms with van der Waals surface area (Å²) in [5.41, 5.74) is 5.71. The number of thiophene rings is 1. The van der Waals surface area contributed by atoms with Crippen molar-refractivity contribution in [1.29, 1.82) is 0 Å². The Labute approximate surface area is 128 Å². The summed E-state index contributed by atoms with van der Waals surface area (Å²) in [4.78, 5) is 11.7. The molecule has 0 aromatic carbocycles. The zero-order valence-electron chi connectivity index (χ0n) is 11.9. The van der Waals surface area contributed by atoms with Crippen molar-refractivity contribution in [3.63, 3.8) is 0 Å². The third-order valence-corrected chi connectivity index (χ3v) is 6.33. The third kappa shape index (κ3) is 3.82. The summed E-state index contributed by atoms with van der Waals surface area (Å²) in [6.07, 6.45) is 4.24. The largest absolute Gasteiger partial charge is 0.465 e. The molecule has 2 rings (SSSR count). The number of rotatable bonds is 6. The third-order valence-electron chi connectivity index (χ3n) is 3.80. The monoisotopic (exact) mass is 332 g/mol. The number of methoxy groups -OCH3 is 1. The predicted molar refractivity (Wildman–Crippen MR) is 80.8 cm³/mol. The Hall–Kier alpha value is -0.960. The molecule has 0 amide bonds. The number of hydrogen-bond donors (Lipinski definition) is 2. The molecule has 8 heteroatoms. The van der Waals surface area contributed by atoms with Crippen LogP contribution in [-0.4, -0.2) is 34.1 Å². The Morgan fingerprint density at radius 3 is 2.76 bits per heavy atom. The van der Waals surface area contributed by atoms with Crippen LogP contribution >= 0.6 is 11.3 Å². The molecule has 21 heavy (non-hydrogen) atoms. The number of nitrogens with two attached hydrogens (primary N) is 1. The summed E-state index contributed by atoms with van der Waals surface area (Å²) in [6, 6.07) is 1.08. The molecule has 1 saturated carbocycles. The van der Waals surface area contributed by atoms with E-state index in [1.54, 1.807) is 0 Å². The maximum absolute atomic E-state index is 12.4. The second-order valence-electron chi connectivity index (χ2n) is 5.15. The van der Waals surface area contributed by atoms with Crippen molar-refractivity contribution < 1.29 is 17.9 Å². The van der Waals surface area contributed by atoms with E-state index in [0.717, 1.165) is 37.0 Å². The number of carbonyl (C=O) groups excluding carboxylic acids is 1. The lowest BCUT2D eigenvalue weighted by molar-refractivity contribution is 0.0606. The number of esters is 1. The van der Waals surface area contributed by atoms with Crippen molar-refractivity contribution in [3.8, 4) is 0 Å². The number of nitrogens with one attached hydrogen (secondary N) is 1. The minimum atomic E-state index is -3.66. The van der Waals surface area contributed by atoms with Gasteiger partial charge in [0, 0.05) is 18.0 Å². The van der Waals surface area contributed by atoms with E-state index in [-0.39, 0.29) is 22.4 Å². The molecule has 1 aromatic rings. The molecule has 1 aromatic heterocycles. The van der Waals surface area contributed by atoms with E-state index in [4.69, 9.17) is 5.73 Å².